The number of benzene rings is 2. The van der Waals surface area contributed by atoms with Gasteiger partial charge in [0.25, 0.3) is 0 Å². The van der Waals surface area contributed by atoms with Crippen molar-refractivity contribution in [3.63, 3.8) is 0 Å². The summed E-state index contributed by atoms with van der Waals surface area (Å²) in [4.78, 5) is 36.1. The standard InChI is InChI=1S/C27H36N4O6/c1-18(32)29-21-10-11-25-24(16-21)30-27(34)23(8-4-3-5-9-26(33)31-35)28-12-6-7-19-13-20(17-37-25)15-22(14-19)36-2/h10-11,13-16,23,28,35H,3-9,12,17H2,1-2H3,(H,29,32)(H,30,34)(H,31,33)/t23-/m0/s1. The quantitative estimate of drug-likeness (QED) is 0.207. The van der Waals surface area contributed by atoms with Crippen LogP contribution in [-0.4, -0.2) is 42.6 Å². The third-order valence-electron chi connectivity index (χ3n) is 6.08. The average molecular weight is 513 g/mol. The van der Waals surface area contributed by atoms with E-state index in [0.717, 1.165) is 42.6 Å². The minimum atomic E-state index is -0.451. The molecular weight excluding hydrogens is 476 g/mol. The van der Waals surface area contributed by atoms with Crippen molar-refractivity contribution in [2.24, 2.45) is 0 Å². The van der Waals surface area contributed by atoms with Crippen LogP contribution in [0.5, 0.6) is 11.5 Å². The number of hydroxylamine groups is 1. The normalized spacial score (nSPS) is 15.9. The Bertz CT molecular complexity index is 1090. The zero-order chi connectivity index (χ0) is 26.6. The second-order valence-electron chi connectivity index (χ2n) is 9.10. The van der Waals surface area contributed by atoms with E-state index in [1.54, 1.807) is 30.8 Å². The van der Waals surface area contributed by atoms with Gasteiger partial charge < -0.3 is 25.4 Å². The Hall–Kier alpha value is -3.63. The molecule has 3 amide bonds. The third-order valence-corrected chi connectivity index (χ3v) is 6.08. The molecule has 37 heavy (non-hydrogen) atoms. The Morgan fingerprint density at radius 2 is 1.95 bits per heavy atom. The molecule has 0 spiro atoms. The average Bonchev–Trinajstić information content (AvgIpc) is 2.88. The molecular formula is C27H36N4O6. The third kappa shape index (κ3) is 9.07. The van der Waals surface area contributed by atoms with E-state index in [2.05, 4.69) is 22.0 Å². The maximum absolute atomic E-state index is 13.3. The Kier molecular flexibility index (Phi) is 10.7. The van der Waals surface area contributed by atoms with Crippen molar-refractivity contribution in [1.82, 2.24) is 10.8 Å². The van der Waals surface area contributed by atoms with Crippen LogP contribution in [0, 0.1) is 0 Å². The number of unbranched alkanes of at least 4 members (excludes halogenated alkanes) is 2. The molecule has 0 saturated carbocycles. The molecule has 2 aromatic carbocycles. The van der Waals surface area contributed by atoms with Gasteiger partial charge in [-0.2, -0.15) is 0 Å². The van der Waals surface area contributed by atoms with E-state index in [9.17, 15) is 14.4 Å². The van der Waals surface area contributed by atoms with Gasteiger partial charge in [0.2, 0.25) is 17.7 Å². The first kappa shape index (κ1) is 27.9. The molecule has 10 nitrogen and oxygen atoms in total. The second kappa shape index (κ2) is 14.2. The molecule has 3 rings (SSSR count). The van der Waals surface area contributed by atoms with Crippen LogP contribution in [0.15, 0.2) is 36.4 Å². The van der Waals surface area contributed by atoms with Crippen LogP contribution < -0.4 is 30.9 Å². The van der Waals surface area contributed by atoms with Gasteiger partial charge in [-0.15, -0.1) is 0 Å². The predicted octanol–water partition coefficient (Wildman–Crippen LogP) is 3.53. The topological polar surface area (TPSA) is 138 Å². The fourth-order valence-electron chi connectivity index (χ4n) is 4.25. The van der Waals surface area contributed by atoms with Gasteiger partial charge in [-0.1, -0.05) is 18.9 Å². The van der Waals surface area contributed by atoms with Gasteiger partial charge in [0.15, 0.2) is 0 Å². The number of hydrogen-bond acceptors (Lipinski definition) is 7. The number of nitrogens with one attached hydrogen (secondary N) is 4. The van der Waals surface area contributed by atoms with Gasteiger partial charge in [-0.05, 0) is 73.7 Å². The molecule has 0 saturated heterocycles. The SMILES string of the molecule is COc1cc2cc(c1)COc1ccc(NC(C)=O)cc1NC(=O)[C@H](CCCCCC(=O)NO)NCCC2. The summed E-state index contributed by atoms with van der Waals surface area (Å²) >= 11 is 0. The smallest absolute Gasteiger partial charge is 0.243 e. The number of ether oxygens (including phenoxy) is 2. The largest absolute Gasteiger partial charge is 0.497 e. The number of anilines is 2. The van der Waals surface area contributed by atoms with E-state index >= 15 is 0 Å². The van der Waals surface area contributed by atoms with Gasteiger partial charge in [0.05, 0.1) is 18.8 Å². The lowest BCUT2D eigenvalue weighted by molar-refractivity contribution is -0.129. The van der Waals surface area contributed by atoms with Gasteiger partial charge in [0.1, 0.15) is 18.1 Å². The number of carbonyl (C=O) groups is 3. The summed E-state index contributed by atoms with van der Waals surface area (Å²) in [7, 11) is 1.64. The van der Waals surface area contributed by atoms with Crippen molar-refractivity contribution in [2.75, 3.05) is 24.3 Å². The first-order valence-electron chi connectivity index (χ1n) is 12.6. The van der Waals surface area contributed by atoms with Gasteiger partial charge in [-0.25, -0.2) is 5.48 Å². The Balaban J connectivity index is 1.81. The number of carbonyl (C=O) groups excluding carboxylic acids is 3. The molecule has 10 heteroatoms. The molecule has 0 unspecified atom stereocenters. The van der Waals surface area contributed by atoms with Crippen LogP contribution in [0.2, 0.25) is 0 Å². The molecule has 0 fully saturated rings. The van der Waals surface area contributed by atoms with Gasteiger partial charge in [0, 0.05) is 19.0 Å². The predicted molar refractivity (Wildman–Crippen MR) is 140 cm³/mol. The number of aryl methyl sites for hydroxylation is 1. The minimum Gasteiger partial charge on any atom is -0.497 e. The maximum Gasteiger partial charge on any atom is 0.243 e. The second-order valence-corrected chi connectivity index (χ2v) is 9.10. The first-order valence-corrected chi connectivity index (χ1v) is 12.6. The maximum atomic E-state index is 13.3. The summed E-state index contributed by atoms with van der Waals surface area (Å²) in [5.41, 5.74) is 4.72. The molecule has 2 bridgehead atoms. The fourth-order valence-corrected chi connectivity index (χ4v) is 4.25. The number of amides is 3. The van der Waals surface area contributed by atoms with E-state index in [1.807, 2.05) is 12.1 Å². The lowest BCUT2D eigenvalue weighted by Gasteiger charge is -2.21. The van der Waals surface area contributed by atoms with E-state index in [1.165, 1.54) is 6.92 Å². The molecule has 1 aliphatic rings. The van der Waals surface area contributed by atoms with Crippen molar-refractivity contribution < 1.29 is 29.1 Å². The fraction of sp³-hybridized carbons (Fsp3) is 0.444. The van der Waals surface area contributed by atoms with Crippen LogP contribution in [0.1, 0.15) is 56.6 Å². The van der Waals surface area contributed by atoms with Crippen LogP contribution in [0.3, 0.4) is 0 Å². The number of hydrogen-bond donors (Lipinski definition) is 5. The zero-order valence-corrected chi connectivity index (χ0v) is 21.4. The molecule has 0 aliphatic carbocycles. The molecule has 200 valence electrons. The highest BCUT2D eigenvalue weighted by molar-refractivity contribution is 5.97. The molecule has 1 atom stereocenters. The van der Waals surface area contributed by atoms with Crippen molar-refractivity contribution in [3.8, 4) is 11.5 Å². The highest BCUT2D eigenvalue weighted by Gasteiger charge is 2.20. The Morgan fingerprint density at radius 3 is 2.70 bits per heavy atom. The minimum absolute atomic E-state index is 0.199. The summed E-state index contributed by atoms with van der Waals surface area (Å²) in [6.07, 6.45) is 4.57. The van der Waals surface area contributed by atoms with Crippen molar-refractivity contribution in [1.29, 1.82) is 0 Å². The van der Waals surface area contributed by atoms with E-state index < -0.39 is 11.9 Å². The van der Waals surface area contributed by atoms with E-state index in [0.29, 0.717) is 36.5 Å². The van der Waals surface area contributed by atoms with Gasteiger partial charge in [-0.3, -0.25) is 19.6 Å². The van der Waals surface area contributed by atoms with Crippen LogP contribution >= 0.6 is 0 Å². The number of rotatable bonds is 8. The summed E-state index contributed by atoms with van der Waals surface area (Å²) < 4.78 is 11.6. The van der Waals surface area contributed by atoms with Crippen molar-refractivity contribution >= 4 is 29.1 Å². The van der Waals surface area contributed by atoms with Crippen LogP contribution in [0.4, 0.5) is 11.4 Å². The monoisotopic (exact) mass is 512 g/mol. The molecule has 1 aliphatic heterocycles. The van der Waals surface area contributed by atoms with Crippen LogP contribution in [0.25, 0.3) is 0 Å². The Morgan fingerprint density at radius 1 is 1.14 bits per heavy atom. The molecule has 5 N–H and O–H groups in total. The molecule has 0 aromatic heterocycles. The van der Waals surface area contributed by atoms with E-state index in [4.69, 9.17) is 14.7 Å². The van der Waals surface area contributed by atoms with E-state index in [-0.39, 0.29) is 24.8 Å². The van der Waals surface area contributed by atoms with Crippen molar-refractivity contribution in [2.45, 2.75) is 64.5 Å². The van der Waals surface area contributed by atoms with Crippen LogP contribution in [-0.2, 0) is 27.4 Å². The first-order chi connectivity index (χ1) is 17.9. The summed E-state index contributed by atoms with van der Waals surface area (Å²) in [5, 5.41) is 17.7. The Labute approximate surface area is 217 Å². The molecule has 0 radical (unpaired) electrons. The highest BCUT2D eigenvalue weighted by atomic mass is 16.5. The molecule has 2 aromatic rings. The summed E-state index contributed by atoms with van der Waals surface area (Å²) in [5.74, 6) is 0.416. The summed E-state index contributed by atoms with van der Waals surface area (Å²) in [6.45, 7) is 2.36. The number of methoxy groups -OCH3 is 1. The highest BCUT2D eigenvalue weighted by Crippen LogP contribution is 2.30. The van der Waals surface area contributed by atoms with Gasteiger partial charge >= 0.3 is 0 Å². The number of fused-ring (bicyclic) bond motifs is 3. The lowest BCUT2D eigenvalue weighted by Crippen LogP contribution is -2.41. The van der Waals surface area contributed by atoms with Crippen molar-refractivity contribution in [3.05, 3.63) is 47.5 Å². The summed E-state index contributed by atoms with van der Waals surface area (Å²) in [6, 6.07) is 10.7. The zero-order valence-electron chi connectivity index (χ0n) is 21.4. The molecule has 1 heterocycles. The lowest BCUT2D eigenvalue weighted by atomic mass is 10.0.